The van der Waals surface area contributed by atoms with Crippen molar-refractivity contribution in [3.63, 3.8) is 0 Å². The lowest BCUT2D eigenvalue weighted by Crippen LogP contribution is -2.13. The molecule has 2 rings (SSSR count). The van der Waals surface area contributed by atoms with E-state index in [1.165, 1.54) is 30.7 Å². The van der Waals surface area contributed by atoms with Gasteiger partial charge in [0.2, 0.25) is 0 Å². The molecule has 5 nitrogen and oxygen atoms in total. The van der Waals surface area contributed by atoms with Crippen molar-refractivity contribution < 1.29 is 4.79 Å². The van der Waals surface area contributed by atoms with Crippen LogP contribution in [0.4, 0.5) is 11.5 Å². The first kappa shape index (κ1) is 12.6. The minimum Gasteiger partial charge on any atom is -0.397 e. The van der Waals surface area contributed by atoms with Crippen LogP contribution in [0.5, 0.6) is 0 Å². The third-order valence-electron chi connectivity index (χ3n) is 2.12. The summed E-state index contributed by atoms with van der Waals surface area (Å²) in [7, 11) is 0. The predicted octanol–water partition coefficient (Wildman–Crippen LogP) is 2.62. The van der Waals surface area contributed by atoms with Crippen molar-refractivity contribution >= 4 is 40.6 Å². The number of hydrogen-bond acceptors (Lipinski definition) is 4. The molecule has 2 aromatic rings. The summed E-state index contributed by atoms with van der Waals surface area (Å²) in [6, 6.07) is 2.88. The molecule has 7 heteroatoms. The van der Waals surface area contributed by atoms with Gasteiger partial charge < -0.3 is 11.1 Å². The number of benzene rings is 1. The fraction of sp³-hybridized carbons (Fsp3) is 0. The third kappa shape index (κ3) is 2.69. The SMILES string of the molecule is Nc1cc(C(=O)Nc2cnccn2)cc(Cl)c1Cl. The molecule has 0 aliphatic carbocycles. The summed E-state index contributed by atoms with van der Waals surface area (Å²) in [6.07, 6.45) is 4.41. The van der Waals surface area contributed by atoms with Crippen LogP contribution in [0.15, 0.2) is 30.7 Å². The molecule has 0 saturated carbocycles. The molecule has 1 amide bonds. The van der Waals surface area contributed by atoms with Gasteiger partial charge in [0.05, 0.1) is 21.9 Å². The monoisotopic (exact) mass is 282 g/mol. The van der Waals surface area contributed by atoms with Crippen molar-refractivity contribution in [2.45, 2.75) is 0 Å². The molecule has 1 aromatic carbocycles. The maximum absolute atomic E-state index is 11.9. The largest absolute Gasteiger partial charge is 0.397 e. The van der Waals surface area contributed by atoms with Gasteiger partial charge in [-0.2, -0.15) is 0 Å². The fourth-order valence-electron chi connectivity index (χ4n) is 1.29. The molecule has 1 heterocycles. The smallest absolute Gasteiger partial charge is 0.256 e. The van der Waals surface area contributed by atoms with Crippen molar-refractivity contribution in [1.82, 2.24) is 9.97 Å². The summed E-state index contributed by atoms with van der Waals surface area (Å²) in [5.41, 5.74) is 6.17. The highest BCUT2D eigenvalue weighted by Gasteiger charge is 2.11. The average Bonchev–Trinajstić information content (AvgIpc) is 2.36. The Balaban J connectivity index is 2.25. The molecule has 0 atom stereocenters. The first-order valence-electron chi connectivity index (χ1n) is 4.90. The van der Waals surface area contributed by atoms with E-state index in [-0.39, 0.29) is 21.6 Å². The molecule has 0 unspecified atom stereocenters. The van der Waals surface area contributed by atoms with Crippen LogP contribution in [0.3, 0.4) is 0 Å². The highest BCUT2D eigenvalue weighted by atomic mass is 35.5. The number of halogens is 2. The summed E-state index contributed by atoms with van der Waals surface area (Å²) in [6.45, 7) is 0. The molecule has 0 bridgehead atoms. The van der Waals surface area contributed by atoms with Crippen LogP contribution in [0.1, 0.15) is 10.4 Å². The normalized spacial score (nSPS) is 10.1. The summed E-state index contributed by atoms with van der Waals surface area (Å²) in [4.78, 5) is 19.6. The van der Waals surface area contributed by atoms with Crippen LogP contribution in [0, 0.1) is 0 Å². The zero-order valence-corrected chi connectivity index (χ0v) is 10.5. The van der Waals surface area contributed by atoms with E-state index >= 15 is 0 Å². The Bertz CT molecular complexity index is 566. The van der Waals surface area contributed by atoms with Crippen LogP contribution >= 0.6 is 23.2 Å². The molecule has 0 radical (unpaired) electrons. The fourth-order valence-corrected chi connectivity index (χ4v) is 1.63. The second-order valence-corrected chi connectivity index (χ2v) is 4.19. The number of nitrogens with one attached hydrogen (secondary N) is 1. The Kier molecular flexibility index (Phi) is 3.64. The second kappa shape index (κ2) is 5.20. The van der Waals surface area contributed by atoms with Crippen LogP contribution in [0.2, 0.25) is 10.0 Å². The number of amides is 1. The Hall–Kier alpha value is -1.85. The predicted molar refractivity (Wildman–Crippen MR) is 70.9 cm³/mol. The number of carbonyl (C=O) groups excluding carboxylic acids is 1. The molecule has 0 aliphatic heterocycles. The average molecular weight is 283 g/mol. The quantitative estimate of drug-likeness (QED) is 0.830. The molecule has 0 spiro atoms. The van der Waals surface area contributed by atoms with Gasteiger partial charge >= 0.3 is 0 Å². The first-order chi connectivity index (χ1) is 8.58. The zero-order valence-electron chi connectivity index (χ0n) is 9.02. The number of rotatable bonds is 2. The van der Waals surface area contributed by atoms with Gasteiger partial charge in [0.1, 0.15) is 0 Å². The number of nitrogen functional groups attached to an aromatic ring is 1. The van der Waals surface area contributed by atoms with E-state index < -0.39 is 0 Å². The Morgan fingerprint density at radius 1 is 1.28 bits per heavy atom. The molecule has 0 saturated heterocycles. The van der Waals surface area contributed by atoms with Gasteiger partial charge in [-0.25, -0.2) is 4.98 Å². The Labute approximate surface area is 113 Å². The topological polar surface area (TPSA) is 80.9 Å². The van der Waals surface area contributed by atoms with E-state index in [4.69, 9.17) is 28.9 Å². The van der Waals surface area contributed by atoms with Crippen molar-refractivity contribution in [2.24, 2.45) is 0 Å². The highest BCUT2D eigenvalue weighted by molar-refractivity contribution is 6.44. The van der Waals surface area contributed by atoms with Gasteiger partial charge in [-0.3, -0.25) is 9.78 Å². The van der Waals surface area contributed by atoms with E-state index in [1.807, 2.05) is 0 Å². The molecular formula is C11H8Cl2N4O. The second-order valence-electron chi connectivity index (χ2n) is 3.41. The molecular weight excluding hydrogens is 275 g/mol. The van der Waals surface area contributed by atoms with Gasteiger partial charge in [0.25, 0.3) is 5.91 Å². The summed E-state index contributed by atoms with van der Waals surface area (Å²) < 4.78 is 0. The zero-order chi connectivity index (χ0) is 13.1. The molecule has 1 aromatic heterocycles. The summed E-state index contributed by atoms with van der Waals surface area (Å²) in [5, 5.41) is 3.01. The Morgan fingerprint density at radius 3 is 2.67 bits per heavy atom. The highest BCUT2D eigenvalue weighted by Crippen LogP contribution is 2.29. The van der Waals surface area contributed by atoms with E-state index in [0.717, 1.165) is 0 Å². The third-order valence-corrected chi connectivity index (χ3v) is 2.94. The number of nitrogens with two attached hydrogens (primary N) is 1. The van der Waals surface area contributed by atoms with Crippen LogP contribution in [-0.2, 0) is 0 Å². The molecule has 18 heavy (non-hydrogen) atoms. The molecule has 3 N–H and O–H groups in total. The number of carbonyl (C=O) groups is 1. The van der Waals surface area contributed by atoms with Crippen molar-refractivity contribution in [3.8, 4) is 0 Å². The summed E-state index contributed by atoms with van der Waals surface area (Å²) >= 11 is 11.6. The minimum absolute atomic E-state index is 0.223. The van der Waals surface area contributed by atoms with E-state index in [9.17, 15) is 4.79 Å². The lowest BCUT2D eigenvalue weighted by molar-refractivity contribution is 0.102. The van der Waals surface area contributed by atoms with Gasteiger partial charge in [-0.1, -0.05) is 23.2 Å². The first-order valence-corrected chi connectivity index (χ1v) is 5.65. The maximum atomic E-state index is 11.9. The van der Waals surface area contributed by atoms with Crippen LogP contribution < -0.4 is 11.1 Å². The molecule has 0 fully saturated rings. The van der Waals surface area contributed by atoms with Gasteiger partial charge in [-0.15, -0.1) is 0 Å². The number of aromatic nitrogens is 2. The number of nitrogens with zero attached hydrogens (tertiary/aromatic N) is 2. The minimum atomic E-state index is -0.388. The van der Waals surface area contributed by atoms with Gasteiger partial charge in [0.15, 0.2) is 5.82 Å². The lowest BCUT2D eigenvalue weighted by Gasteiger charge is -2.06. The molecule has 92 valence electrons. The van der Waals surface area contributed by atoms with Crippen LogP contribution in [-0.4, -0.2) is 15.9 Å². The van der Waals surface area contributed by atoms with Gasteiger partial charge in [0, 0.05) is 18.0 Å². The number of hydrogen-bond donors (Lipinski definition) is 2. The Morgan fingerprint density at radius 2 is 2.06 bits per heavy atom. The van der Waals surface area contributed by atoms with Crippen molar-refractivity contribution in [1.29, 1.82) is 0 Å². The maximum Gasteiger partial charge on any atom is 0.256 e. The van der Waals surface area contributed by atoms with E-state index in [1.54, 1.807) is 0 Å². The van der Waals surface area contributed by atoms with Crippen LogP contribution in [0.25, 0.3) is 0 Å². The molecule has 0 aliphatic rings. The summed E-state index contributed by atoms with van der Waals surface area (Å²) in [5.74, 6) is -0.0482. The van der Waals surface area contributed by atoms with E-state index in [2.05, 4.69) is 15.3 Å². The lowest BCUT2D eigenvalue weighted by atomic mass is 10.2. The van der Waals surface area contributed by atoms with Gasteiger partial charge in [-0.05, 0) is 12.1 Å². The van der Waals surface area contributed by atoms with E-state index in [0.29, 0.717) is 11.4 Å². The standard InChI is InChI=1S/C11H8Cl2N4O/c12-7-3-6(4-8(14)10(7)13)11(18)17-9-5-15-1-2-16-9/h1-5H,14H2,(H,16,17,18). The van der Waals surface area contributed by atoms with Crippen molar-refractivity contribution in [3.05, 3.63) is 46.3 Å². The van der Waals surface area contributed by atoms with Crippen molar-refractivity contribution in [2.75, 3.05) is 11.1 Å². The number of anilines is 2.